The third kappa shape index (κ3) is 39.4. The first-order valence-electron chi connectivity index (χ1n) is 20.9. The third-order valence-corrected chi connectivity index (χ3v) is 17.2. The molecule has 0 aromatic rings. The fourth-order valence-corrected chi connectivity index (χ4v) is 7.06. The molecule has 0 spiro atoms. The molecule has 378 valence electrons. The van der Waals surface area contributed by atoms with Crippen LogP contribution in [0.5, 0.6) is 0 Å². The first-order chi connectivity index (χ1) is 28.5. The lowest BCUT2D eigenvalue weighted by Crippen LogP contribution is -2.23. The minimum absolute atomic E-state index is 0. The second-order valence-corrected chi connectivity index (χ2v) is 26.1. The van der Waals surface area contributed by atoms with E-state index in [9.17, 15) is 43.2 Å². The van der Waals surface area contributed by atoms with Crippen molar-refractivity contribution in [3.63, 3.8) is 0 Å². The fraction of sp³-hybridized carbons (Fsp3) is 1.00. The van der Waals surface area contributed by atoms with E-state index in [0.717, 1.165) is 6.42 Å². The molecule has 0 aliphatic rings. The minimum Gasteiger partial charge on any atom is -0.388 e. The summed E-state index contributed by atoms with van der Waals surface area (Å²) in [4.78, 5) is 28.7. The Kier molecular flexibility index (Phi) is 42.2. The summed E-state index contributed by atoms with van der Waals surface area (Å²) in [6.45, 7) is 20.5. The second kappa shape index (κ2) is 39.3. The Morgan fingerprint density at radius 1 is 0.387 bits per heavy atom. The van der Waals surface area contributed by atoms with Gasteiger partial charge in [-0.25, -0.2) is 0 Å². The normalized spacial score (nSPS) is 16.9. The van der Waals surface area contributed by atoms with Crippen LogP contribution in [0.4, 0.5) is 0 Å². The van der Waals surface area contributed by atoms with Gasteiger partial charge >= 0.3 is 15.2 Å². The summed E-state index contributed by atoms with van der Waals surface area (Å²) >= 11 is 0. The first kappa shape index (κ1) is 66.6. The molecule has 5 N–H and O–H groups in total. The molecule has 0 aromatic heterocycles. The smallest absolute Gasteiger partial charge is 0.330 e. The van der Waals surface area contributed by atoms with Gasteiger partial charge in [-0.3, -0.25) is 18.3 Å². The van der Waals surface area contributed by atoms with E-state index in [1.807, 2.05) is 13.8 Å². The van der Waals surface area contributed by atoms with Crippen molar-refractivity contribution < 1.29 is 94.6 Å². The molecule has 0 saturated heterocycles. The van der Waals surface area contributed by atoms with Crippen molar-refractivity contribution >= 4 is 29.9 Å². The van der Waals surface area contributed by atoms with Gasteiger partial charge in [-0.05, 0) is 12.8 Å². The molecule has 20 nitrogen and oxygen atoms in total. The summed E-state index contributed by atoms with van der Waals surface area (Å²) in [5.74, 6) is 0. The largest absolute Gasteiger partial charge is 0.388 e. The molecule has 0 aromatic carbocycles. The molecule has 0 aliphatic carbocycles. The summed E-state index contributed by atoms with van der Waals surface area (Å²) < 4.78 is 105. The topological polar surface area (TPSA) is 271 Å². The average Bonchev–Trinajstić information content (AvgIpc) is 3.17. The van der Waals surface area contributed by atoms with Crippen LogP contribution in [0.25, 0.3) is 0 Å². The number of ether oxygens (including phenoxy) is 8. The van der Waals surface area contributed by atoms with E-state index in [1.54, 1.807) is 48.2 Å². The van der Waals surface area contributed by atoms with Crippen LogP contribution in [0.3, 0.4) is 0 Å². The molecule has 0 aliphatic heterocycles. The Morgan fingerprint density at radius 3 is 1.00 bits per heavy atom. The predicted octanol–water partition coefficient (Wildman–Crippen LogP) is 5.48. The van der Waals surface area contributed by atoms with Gasteiger partial charge in [-0.1, -0.05) is 62.8 Å². The van der Waals surface area contributed by atoms with Crippen LogP contribution >= 0.6 is 29.9 Å². The summed E-state index contributed by atoms with van der Waals surface area (Å²) in [5, 5.41) is 19.3. The zero-order valence-corrected chi connectivity index (χ0v) is 41.7. The quantitative estimate of drug-likeness (QED) is 0.0375. The van der Waals surface area contributed by atoms with Crippen LogP contribution in [0.1, 0.15) is 75.7 Å². The fourth-order valence-electron chi connectivity index (χ4n) is 3.77. The molecule has 62 heavy (non-hydrogen) atoms. The van der Waals surface area contributed by atoms with Gasteiger partial charge in [0.1, 0.15) is 12.2 Å². The average molecular weight is 987 g/mol. The van der Waals surface area contributed by atoms with E-state index in [-0.39, 0.29) is 58.4 Å². The van der Waals surface area contributed by atoms with Crippen molar-refractivity contribution in [2.75, 3.05) is 138 Å². The van der Waals surface area contributed by atoms with E-state index in [4.69, 9.17) is 51.5 Å². The van der Waals surface area contributed by atoms with Crippen LogP contribution in [-0.4, -0.2) is 198 Å². The highest BCUT2D eigenvalue weighted by molar-refractivity contribution is 7.59. The zero-order chi connectivity index (χ0) is 46.8. The Bertz CT molecular complexity index is 1230. The highest BCUT2D eigenvalue weighted by Gasteiger charge is 2.27. The van der Waals surface area contributed by atoms with Crippen molar-refractivity contribution in [3.05, 3.63) is 0 Å². The second-order valence-electron chi connectivity index (χ2n) is 15.2. The van der Waals surface area contributed by atoms with Crippen molar-refractivity contribution in [1.29, 1.82) is 0 Å². The van der Waals surface area contributed by atoms with Crippen LogP contribution in [0, 0.1) is 0 Å². The Hall–Kier alpha value is 0.280. The van der Waals surface area contributed by atoms with E-state index in [2.05, 4.69) is 0 Å². The van der Waals surface area contributed by atoms with Crippen LogP contribution < -0.4 is 0 Å². The molecule has 0 saturated carbocycles. The number of hydrogen-bond donors (Lipinski definition) is 5. The molecule has 24 heteroatoms. The molecular formula is C38H86O20P4. The monoisotopic (exact) mass is 986 g/mol. The summed E-state index contributed by atoms with van der Waals surface area (Å²) in [5.41, 5.74) is -1.24. The summed E-state index contributed by atoms with van der Waals surface area (Å²) in [6.07, 6.45) is -0.203. The van der Waals surface area contributed by atoms with E-state index >= 15 is 0 Å². The number of aliphatic hydroxyl groups is 2. The lowest BCUT2D eigenvalue weighted by atomic mass is 10.4. The van der Waals surface area contributed by atoms with E-state index in [1.165, 1.54) is 0 Å². The van der Waals surface area contributed by atoms with Gasteiger partial charge in [0.25, 0.3) is 0 Å². The van der Waals surface area contributed by atoms with E-state index in [0.29, 0.717) is 98.5 Å². The number of aliphatic hydroxyl groups excluding tert-OH is 2. The Balaban J connectivity index is -0.00000111. The van der Waals surface area contributed by atoms with Crippen LogP contribution in [0.15, 0.2) is 0 Å². The maximum absolute atomic E-state index is 12.0. The molecule has 6 unspecified atom stereocenters. The van der Waals surface area contributed by atoms with Gasteiger partial charge in [0, 0.05) is 30.8 Å². The van der Waals surface area contributed by atoms with Gasteiger partial charge in [0.05, 0.1) is 130 Å². The number of unbranched alkanes of at least 4 members (excludes halogenated alkanes) is 1. The lowest BCUT2D eigenvalue weighted by Gasteiger charge is -2.18. The van der Waals surface area contributed by atoms with Gasteiger partial charge in [-0.15, -0.1) is 0 Å². The molecule has 0 amide bonds. The van der Waals surface area contributed by atoms with Gasteiger partial charge in [0.2, 0.25) is 14.7 Å². The Labute approximate surface area is 372 Å². The van der Waals surface area contributed by atoms with Crippen molar-refractivity contribution in [1.82, 2.24) is 0 Å². The zero-order valence-electron chi connectivity index (χ0n) is 38.2. The predicted molar refractivity (Wildman–Crippen MR) is 241 cm³/mol. The third-order valence-electron chi connectivity index (χ3n) is 8.40. The van der Waals surface area contributed by atoms with Crippen molar-refractivity contribution in [2.24, 2.45) is 0 Å². The maximum Gasteiger partial charge on any atom is 0.330 e. The molecule has 0 radical (unpaired) electrons. The number of hydrogen-bond acceptors (Lipinski definition) is 17. The highest BCUT2D eigenvalue weighted by atomic mass is 31.2. The SMILES string of the molecule is C.CC(C)P(=O)(O)CCCCOCCOCCOCCOCC(O)COP(=O)(O)C(C)C.CC(C)P(C)(=O)OCCOCCOCCOCCOCC(O)COP(=O)(O)C(C)C. The van der Waals surface area contributed by atoms with Gasteiger partial charge in [-0.2, -0.15) is 0 Å². The van der Waals surface area contributed by atoms with E-state index < -0.39 is 53.5 Å². The first-order valence-corrected chi connectivity index (χ1v) is 28.3. The lowest BCUT2D eigenvalue weighted by molar-refractivity contribution is -0.0258. The minimum atomic E-state index is -3.68. The molecule has 0 rings (SSSR count). The molecular weight excluding hydrogens is 900 g/mol. The van der Waals surface area contributed by atoms with Gasteiger partial charge < -0.3 is 76.4 Å². The summed E-state index contributed by atoms with van der Waals surface area (Å²) in [7, 11) is -12.9. The molecule has 0 heterocycles. The highest BCUT2D eigenvalue weighted by Crippen LogP contribution is 2.49. The van der Waals surface area contributed by atoms with Crippen molar-refractivity contribution in [3.8, 4) is 0 Å². The van der Waals surface area contributed by atoms with Crippen LogP contribution in [0.2, 0.25) is 0 Å². The molecule has 6 atom stereocenters. The molecule has 0 bridgehead atoms. The summed E-state index contributed by atoms with van der Waals surface area (Å²) in [6, 6.07) is 0. The molecule has 0 fully saturated rings. The standard InChI is InChI=1S/C19H42O10P2.C18H40O10P2.CH4/c1-17(2)30(21,22)14-6-5-7-25-8-9-26-10-11-27-12-13-28-15-19(20)16-29-31(23,24)18(3)4;1-16(2)29(5,20)27-13-12-25-9-8-23-6-7-24-10-11-26-14-18(19)15-28-30(21,22)17(3)4;/h17-20H,5-16H2,1-4H3,(H,21,22)(H,23,24);16-19H,6-15H2,1-5H3,(H,21,22);1H4. The number of rotatable bonds is 41. The van der Waals surface area contributed by atoms with Crippen LogP contribution in [-0.2, 0) is 69.7 Å². The Morgan fingerprint density at radius 2 is 0.694 bits per heavy atom. The van der Waals surface area contributed by atoms with Gasteiger partial charge in [0.15, 0.2) is 0 Å². The van der Waals surface area contributed by atoms with Crippen molar-refractivity contribution in [2.45, 2.75) is 111 Å². The maximum atomic E-state index is 12.0.